The first-order valence-electron chi connectivity index (χ1n) is 5.63. The molecule has 1 heterocycles. The van der Waals surface area contributed by atoms with Crippen molar-refractivity contribution in [1.82, 2.24) is 4.98 Å². The van der Waals surface area contributed by atoms with Crippen molar-refractivity contribution in [3.05, 3.63) is 70.0 Å². The standard InChI is InChI=1S/C15H10ClNO/c16-13-7-3-1-5-10(13)12-9-17-14-8-4-2-6-11(14)15(12)18/h1-9H,(H,17,18). The monoisotopic (exact) mass is 255 g/mol. The predicted octanol–water partition coefficient (Wildman–Crippen LogP) is 3.85. The molecular formula is C15H10ClNO. The van der Waals surface area contributed by atoms with Gasteiger partial charge < -0.3 is 4.98 Å². The summed E-state index contributed by atoms with van der Waals surface area (Å²) in [5, 5.41) is 1.26. The molecule has 0 radical (unpaired) electrons. The van der Waals surface area contributed by atoms with Crippen LogP contribution in [0.15, 0.2) is 59.5 Å². The van der Waals surface area contributed by atoms with Crippen molar-refractivity contribution in [2.45, 2.75) is 0 Å². The Morgan fingerprint density at radius 1 is 0.889 bits per heavy atom. The van der Waals surface area contributed by atoms with Crippen LogP contribution in [0.2, 0.25) is 5.02 Å². The Balaban J connectivity index is 2.35. The van der Waals surface area contributed by atoms with Gasteiger partial charge in [-0.1, -0.05) is 41.9 Å². The summed E-state index contributed by atoms with van der Waals surface area (Å²) in [6, 6.07) is 14.8. The fourth-order valence-corrected chi connectivity index (χ4v) is 2.28. The molecule has 0 aliphatic rings. The van der Waals surface area contributed by atoms with E-state index in [4.69, 9.17) is 11.6 Å². The third-order valence-corrected chi connectivity index (χ3v) is 3.28. The fourth-order valence-electron chi connectivity index (χ4n) is 2.05. The quantitative estimate of drug-likeness (QED) is 0.704. The van der Waals surface area contributed by atoms with Crippen LogP contribution >= 0.6 is 11.6 Å². The highest BCUT2D eigenvalue weighted by molar-refractivity contribution is 6.33. The molecule has 0 unspecified atom stereocenters. The van der Waals surface area contributed by atoms with Gasteiger partial charge in [0, 0.05) is 33.2 Å². The van der Waals surface area contributed by atoms with Gasteiger partial charge in [-0.15, -0.1) is 0 Å². The van der Waals surface area contributed by atoms with Gasteiger partial charge in [-0.3, -0.25) is 4.79 Å². The molecule has 88 valence electrons. The highest BCUT2D eigenvalue weighted by Crippen LogP contribution is 2.25. The van der Waals surface area contributed by atoms with E-state index < -0.39 is 0 Å². The van der Waals surface area contributed by atoms with Crippen molar-refractivity contribution in [2.24, 2.45) is 0 Å². The Hall–Kier alpha value is -2.06. The third-order valence-electron chi connectivity index (χ3n) is 2.95. The van der Waals surface area contributed by atoms with Crippen molar-refractivity contribution in [1.29, 1.82) is 0 Å². The van der Waals surface area contributed by atoms with Crippen LogP contribution in [-0.2, 0) is 0 Å². The van der Waals surface area contributed by atoms with E-state index in [1.807, 2.05) is 42.5 Å². The van der Waals surface area contributed by atoms with E-state index in [1.54, 1.807) is 12.3 Å². The number of halogens is 1. The van der Waals surface area contributed by atoms with Crippen molar-refractivity contribution >= 4 is 22.5 Å². The van der Waals surface area contributed by atoms with Crippen LogP contribution in [0.4, 0.5) is 0 Å². The summed E-state index contributed by atoms with van der Waals surface area (Å²) in [5.74, 6) is 0. The summed E-state index contributed by atoms with van der Waals surface area (Å²) in [6.45, 7) is 0. The molecule has 0 saturated heterocycles. The number of hydrogen-bond donors (Lipinski definition) is 1. The molecule has 0 saturated carbocycles. The average Bonchev–Trinajstić information content (AvgIpc) is 2.41. The van der Waals surface area contributed by atoms with E-state index in [0.29, 0.717) is 16.0 Å². The van der Waals surface area contributed by atoms with E-state index in [2.05, 4.69) is 4.98 Å². The molecule has 3 aromatic rings. The van der Waals surface area contributed by atoms with Gasteiger partial charge >= 0.3 is 0 Å². The van der Waals surface area contributed by atoms with Gasteiger partial charge in [0.25, 0.3) is 0 Å². The van der Waals surface area contributed by atoms with Crippen LogP contribution in [0.5, 0.6) is 0 Å². The second kappa shape index (κ2) is 4.31. The summed E-state index contributed by atoms with van der Waals surface area (Å²) in [7, 11) is 0. The lowest BCUT2D eigenvalue weighted by Gasteiger charge is -2.05. The molecule has 3 heteroatoms. The maximum atomic E-state index is 12.4. The molecular weight excluding hydrogens is 246 g/mol. The number of pyridine rings is 1. The molecule has 0 aliphatic heterocycles. The lowest BCUT2D eigenvalue weighted by molar-refractivity contribution is 1.39. The molecule has 1 aromatic heterocycles. The minimum Gasteiger partial charge on any atom is -0.360 e. The van der Waals surface area contributed by atoms with Crippen molar-refractivity contribution in [3.8, 4) is 11.1 Å². The number of benzene rings is 2. The number of H-pyrrole nitrogens is 1. The highest BCUT2D eigenvalue weighted by atomic mass is 35.5. The van der Waals surface area contributed by atoms with Crippen LogP contribution < -0.4 is 5.43 Å². The number of rotatable bonds is 1. The molecule has 0 atom stereocenters. The predicted molar refractivity (Wildman–Crippen MR) is 75.0 cm³/mol. The molecule has 0 amide bonds. The molecule has 2 aromatic carbocycles. The normalized spacial score (nSPS) is 10.7. The molecule has 0 spiro atoms. The minimum atomic E-state index is -0.00236. The lowest BCUT2D eigenvalue weighted by Crippen LogP contribution is -2.06. The highest BCUT2D eigenvalue weighted by Gasteiger charge is 2.09. The van der Waals surface area contributed by atoms with Crippen LogP contribution in [0.25, 0.3) is 22.0 Å². The topological polar surface area (TPSA) is 32.9 Å². The SMILES string of the molecule is O=c1c(-c2ccccc2Cl)c[nH]c2ccccc12. The Labute approximate surface area is 109 Å². The van der Waals surface area contributed by atoms with Crippen LogP contribution in [0.1, 0.15) is 0 Å². The third kappa shape index (κ3) is 1.71. The summed E-state index contributed by atoms with van der Waals surface area (Å²) in [6.07, 6.45) is 1.71. The second-order valence-electron chi connectivity index (χ2n) is 4.06. The maximum absolute atomic E-state index is 12.4. The Kier molecular flexibility index (Phi) is 2.65. The molecule has 1 N–H and O–H groups in total. The first-order valence-corrected chi connectivity index (χ1v) is 6.00. The Morgan fingerprint density at radius 2 is 1.61 bits per heavy atom. The molecule has 3 rings (SSSR count). The van der Waals surface area contributed by atoms with Crippen LogP contribution in [-0.4, -0.2) is 4.98 Å². The number of para-hydroxylation sites is 1. The smallest absolute Gasteiger partial charge is 0.197 e. The molecule has 0 fully saturated rings. The van der Waals surface area contributed by atoms with E-state index >= 15 is 0 Å². The van der Waals surface area contributed by atoms with E-state index in [1.165, 1.54) is 0 Å². The molecule has 0 aliphatic carbocycles. The zero-order valence-corrected chi connectivity index (χ0v) is 10.2. The van der Waals surface area contributed by atoms with Crippen LogP contribution in [0, 0.1) is 0 Å². The zero-order valence-electron chi connectivity index (χ0n) is 9.48. The van der Waals surface area contributed by atoms with Gasteiger partial charge in [0.1, 0.15) is 0 Å². The van der Waals surface area contributed by atoms with Crippen LogP contribution in [0.3, 0.4) is 0 Å². The van der Waals surface area contributed by atoms with E-state index in [0.717, 1.165) is 11.1 Å². The fraction of sp³-hybridized carbons (Fsp3) is 0. The number of aromatic nitrogens is 1. The van der Waals surface area contributed by atoms with Crippen molar-refractivity contribution < 1.29 is 0 Å². The van der Waals surface area contributed by atoms with Gasteiger partial charge in [-0.05, 0) is 18.2 Å². The average molecular weight is 256 g/mol. The molecule has 0 bridgehead atoms. The number of aromatic amines is 1. The largest absolute Gasteiger partial charge is 0.360 e. The Morgan fingerprint density at radius 3 is 2.44 bits per heavy atom. The maximum Gasteiger partial charge on any atom is 0.197 e. The first kappa shape index (κ1) is 11.1. The van der Waals surface area contributed by atoms with Gasteiger partial charge in [-0.2, -0.15) is 0 Å². The van der Waals surface area contributed by atoms with Gasteiger partial charge in [-0.25, -0.2) is 0 Å². The number of nitrogens with one attached hydrogen (secondary N) is 1. The lowest BCUT2D eigenvalue weighted by atomic mass is 10.0. The van der Waals surface area contributed by atoms with E-state index in [9.17, 15) is 4.79 Å². The summed E-state index contributed by atoms with van der Waals surface area (Å²) in [5.41, 5.74) is 2.18. The van der Waals surface area contributed by atoms with Gasteiger partial charge in [0.05, 0.1) is 0 Å². The first-order chi connectivity index (χ1) is 8.77. The van der Waals surface area contributed by atoms with Gasteiger partial charge in [0.15, 0.2) is 5.43 Å². The summed E-state index contributed by atoms with van der Waals surface area (Å²) in [4.78, 5) is 15.5. The second-order valence-corrected chi connectivity index (χ2v) is 4.46. The van der Waals surface area contributed by atoms with Gasteiger partial charge in [0.2, 0.25) is 0 Å². The summed E-state index contributed by atoms with van der Waals surface area (Å²) >= 11 is 6.13. The molecule has 2 nitrogen and oxygen atoms in total. The Bertz CT molecular complexity index is 777. The number of fused-ring (bicyclic) bond motifs is 1. The zero-order chi connectivity index (χ0) is 12.5. The molecule has 18 heavy (non-hydrogen) atoms. The van der Waals surface area contributed by atoms with Crippen molar-refractivity contribution in [2.75, 3.05) is 0 Å². The van der Waals surface area contributed by atoms with Crippen molar-refractivity contribution in [3.63, 3.8) is 0 Å². The number of hydrogen-bond acceptors (Lipinski definition) is 1. The van der Waals surface area contributed by atoms with E-state index in [-0.39, 0.29) is 5.43 Å². The summed E-state index contributed by atoms with van der Waals surface area (Å²) < 4.78 is 0. The minimum absolute atomic E-state index is 0.00236.